The van der Waals surface area contributed by atoms with Gasteiger partial charge in [0, 0.05) is 17.4 Å². The molecule has 0 saturated carbocycles. The molecule has 2 heterocycles. The Labute approximate surface area is 174 Å². The van der Waals surface area contributed by atoms with Gasteiger partial charge in [-0.15, -0.1) is 0 Å². The van der Waals surface area contributed by atoms with Crippen LogP contribution < -0.4 is 0 Å². The zero-order chi connectivity index (χ0) is 22.2. The molecule has 0 aliphatic heterocycles. The van der Waals surface area contributed by atoms with Crippen molar-refractivity contribution in [3.05, 3.63) is 71.2 Å². The number of aryl methyl sites for hydroxylation is 2. The van der Waals surface area contributed by atoms with Crippen molar-refractivity contribution in [2.75, 3.05) is 0 Å². The number of carboxylic acid groups (broad SMARTS) is 1. The van der Waals surface area contributed by atoms with E-state index in [1.165, 1.54) is 12.1 Å². The number of nitrogens with zero attached hydrogens (tertiary/aromatic N) is 3. The second-order valence-corrected chi connectivity index (χ2v) is 7.15. The number of halogens is 3. The average Bonchev–Trinajstić information content (AvgIpc) is 3.30. The van der Waals surface area contributed by atoms with Crippen LogP contribution in [0, 0.1) is 6.92 Å². The third-order valence-corrected chi connectivity index (χ3v) is 5.03. The van der Waals surface area contributed by atoms with Crippen molar-refractivity contribution >= 4 is 16.9 Å². The molecule has 0 fully saturated rings. The first-order chi connectivity index (χ1) is 14.7. The van der Waals surface area contributed by atoms with Crippen LogP contribution in [0.2, 0.25) is 0 Å². The molecule has 0 aliphatic rings. The first-order valence-electron chi connectivity index (χ1n) is 9.51. The lowest BCUT2D eigenvalue weighted by molar-refractivity contribution is -0.138. The lowest BCUT2D eigenvalue weighted by Gasteiger charge is -2.06. The van der Waals surface area contributed by atoms with E-state index in [0.717, 1.165) is 28.6 Å². The van der Waals surface area contributed by atoms with Gasteiger partial charge >= 0.3 is 12.1 Å². The van der Waals surface area contributed by atoms with E-state index < -0.39 is 17.7 Å². The smallest absolute Gasteiger partial charge is 0.416 e. The van der Waals surface area contributed by atoms with Gasteiger partial charge in [-0.05, 0) is 49.2 Å². The molecule has 0 spiro atoms. The maximum absolute atomic E-state index is 12.8. The Hall–Kier alpha value is -3.62. The van der Waals surface area contributed by atoms with Crippen molar-refractivity contribution in [1.82, 2.24) is 14.8 Å². The number of fused-ring (bicyclic) bond motifs is 1. The molecule has 0 bridgehead atoms. The average molecular weight is 429 g/mol. The zero-order valence-electron chi connectivity index (χ0n) is 16.5. The summed E-state index contributed by atoms with van der Waals surface area (Å²) in [5.41, 5.74) is 2.05. The minimum atomic E-state index is -4.40. The number of benzene rings is 2. The van der Waals surface area contributed by atoms with Crippen molar-refractivity contribution in [2.45, 2.75) is 32.5 Å². The van der Waals surface area contributed by atoms with E-state index in [2.05, 4.69) is 10.1 Å². The number of rotatable bonds is 6. The summed E-state index contributed by atoms with van der Waals surface area (Å²) < 4.78 is 45.9. The molecule has 1 N–H and O–H groups in total. The number of hydrogen-bond donors (Lipinski definition) is 1. The standard InChI is InChI=1S/C22H18F3N3O3/c1-13-19(31-21(27-13)15-5-8-16(9-6-15)22(23,24)25)12-28-18-4-2-3-14(7-10-20(29)30)17(18)11-26-28/h2-6,8-9,11H,7,10,12H2,1H3,(H,29,30). The summed E-state index contributed by atoms with van der Waals surface area (Å²) in [4.78, 5) is 15.2. The second-order valence-electron chi connectivity index (χ2n) is 7.15. The van der Waals surface area contributed by atoms with Gasteiger partial charge in [-0.25, -0.2) is 4.98 Å². The summed E-state index contributed by atoms with van der Waals surface area (Å²) in [6, 6.07) is 10.3. The summed E-state index contributed by atoms with van der Waals surface area (Å²) >= 11 is 0. The van der Waals surface area contributed by atoms with Crippen LogP contribution in [0.25, 0.3) is 22.4 Å². The van der Waals surface area contributed by atoms with Crippen LogP contribution in [0.1, 0.15) is 29.0 Å². The fourth-order valence-electron chi connectivity index (χ4n) is 3.38. The Balaban J connectivity index is 1.59. The number of carbonyl (C=O) groups is 1. The molecule has 9 heteroatoms. The van der Waals surface area contributed by atoms with E-state index in [9.17, 15) is 18.0 Å². The Morgan fingerprint density at radius 1 is 1.16 bits per heavy atom. The predicted molar refractivity (Wildman–Crippen MR) is 106 cm³/mol. The number of hydrogen-bond acceptors (Lipinski definition) is 4. The topological polar surface area (TPSA) is 81.2 Å². The fourth-order valence-corrected chi connectivity index (χ4v) is 3.38. The fraction of sp³-hybridized carbons (Fsp3) is 0.227. The largest absolute Gasteiger partial charge is 0.481 e. The maximum atomic E-state index is 12.8. The van der Waals surface area contributed by atoms with E-state index in [4.69, 9.17) is 9.52 Å². The molecule has 0 radical (unpaired) electrons. The van der Waals surface area contributed by atoms with E-state index in [1.54, 1.807) is 17.8 Å². The summed E-state index contributed by atoms with van der Waals surface area (Å²) in [5.74, 6) is -0.0897. The summed E-state index contributed by atoms with van der Waals surface area (Å²) in [6.07, 6.45) is -2.28. The van der Waals surface area contributed by atoms with E-state index in [-0.39, 0.29) is 18.9 Å². The van der Waals surface area contributed by atoms with Gasteiger partial charge in [-0.1, -0.05) is 12.1 Å². The van der Waals surface area contributed by atoms with Gasteiger partial charge in [0.25, 0.3) is 0 Å². The monoisotopic (exact) mass is 429 g/mol. The molecule has 4 aromatic rings. The second kappa shape index (κ2) is 7.90. The van der Waals surface area contributed by atoms with Crippen molar-refractivity contribution in [3.63, 3.8) is 0 Å². The molecule has 2 aromatic carbocycles. The quantitative estimate of drug-likeness (QED) is 0.462. The van der Waals surface area contributed by atoms with Crippen molar-refractivity contribution < 1.29 is 27.5 Å². The van der Waals surface area contributed by atoms with Gasteiger partial charge in [0.2, 0.25) is 5.89 Å². The molecule has 0 atom stereocenters. The number of aromatic nitrogens is 3. The molecule has 160 valence electrons. The van der Waals surface area contributed by atoms with E-state index in [1.807, 2.05) is 18.2 Å². The van der Waals surface area contributed by atoms with E-state index in [0.29, 0.717) is 23.4 Å². The van der Waals surface area contributed by atoms with Crippen LogP contribution in [0.3, 0.4) is 0 Å². The predicted octanol–water partition coefficient (Wildman–Crippen LogP) is 5.08. The van der Waals surface area contributed by atoms with Gasteiger partial charge in [0.15, 0.2) is 0 Å². The number of carboxylic acids is 1. The zero-order valence-corrected chi connectivity index (χ0v) is 16.5. The van der Waals surface area contributed by atoms with Gasteiger partial charge in [-0.3, -0.25) is 9.48 Å². The molecule has 0 amide bonds. The Bertz CT molecular complexity index is 1240. The summed E-state index contributed by atoms with van der Waals surface area (Å²) in [6.45, 7) is 2.04. The van der Waals surface area contributed by atoms with Gasteiger partial charge in [-0.2, -0.15) is 18.3 Å². The highest BCUT2D eigenvalue weighted by Gasteiger charge is 2.30. The Morgan fingerprint density at radius 3 is 2.58 bits per heavy atom. The summed E-state index contributed by atoms with van der Waals surface area (Å²) in [7, 11) is 0. The first kappa shape index (κ1) is 20.6. The summed E-state index contributed by atoms with van der Waals surface area (Å²) in [5, 5.41) is 14.2. The minimum absolute atomic E-state index is 0.0298. The molecular weight excluding hydrogens is 411 g/mol. The van der Waals surface area contributed by atoms with Crippen molar-refractivity contribution in [1.29, 1.82) is 0 Å². The van der Waals surface area contributed by atoms with Crippen molar-refractivity contribution in [2.24, 2.45) is 0 Å². The molecule has 0 saturated heterocycles. The Kier molecular flexibility index (Phi) is 5.26. The molecular formula is C22H18F3N3O3. The van der Waals surface area contributed by atoms with E-state index >= 15 is 0 Å². The molecule has 0 unspecified atom stereocenters. The van der Waals surface area contributed by atoms with Gasteiger partial charge in [0.05, 0.1) is 23.0 Å². The lowest BCUT2D eigenvalue weighted by atomic mass is 10.1. The molecule has 2 aromatic heterocycles. The third-order valence-electron chi connectivity index (χ3n) is 5.03. The highest BCUT2D eigenvalue weighted by atomic mass is 19.4. The highest BCUT2D eigenvalue weighted by Crippen LogP contribution is 2.31. The molecule has 0 aliphatic carbocycles. The number of oxazole rings is 1. The third kappa shape index (κ3) is 4.30. The van der Waals surface area contributed by atoms with Crippen LogP contribution in [-0.4, -0.2) is 25.8 Å². The SMILES string of the molecule is Cc1nc(-c2ccc(C(F)(F)F)cc2)oc1Cn1ncc2c(CCC(=O)O)cccc21. The van der Waals surface area contributed by atoms with Gasteiger partial charge < -0.3 is 9.52 Å². The maximum Gasteiger partial charge on any atom is 0.416 e. The molecule has 31 heavy (non-hydrogen) atoms. The minimum Gasteiger partial charge on any atom is -0.481 e. The lowest BCUT2D eigenvalue weighted by Crippen LogP contribution is -2.03. The van der Waals surface area contributed by atoms with Gasteiger partial charge in [0.1, 0.15) is 12.3 Å². The van der Waals surface area contributed by atoms with Crippen LogP contribution in [0.15, 0.2) is 53.1 Å². The number of aliphatic carboxylic acids is 1. The van der Waals surface area contributed by atoms with Crippen LogP contribution in [0.4, 0.5) is 13.2 Å². The number of alkyl halides is 3. The van der Waals surface area contributed by atoms with Crippen LogP contribution >= 0.6 is 0 Å². The molecule has 4 rings (SSSR count). The first-order valence-corrected chi connectivity index (χ1v) is 9.51. The highest BCUT2D eigenvalue weighted by molar-refractivity contribution is 5.83. The van der Waals surface area contributed by atoms with Crippen LogP contribution in [0.5, 0.6) is 0 Å². The van der Waals surface area contributed by atoms with Crippen molar-refractivity contribution in [3.8, 4) is 11.5 Å². The normalized spacial score (nSPS) is 11.9. The molecule has 6 nitrogen and oxygen atoms in total. The Morgan fingerprint density at radius 2 is 1.90 bits per heavy atom. The van der Waals surface area contributed by atoms with Crippen LogP contribution in [-0.2, 0) is 23.9 Å².